The summed E-state index contributed by atoms with van der Waals surface area (Å²) in [7, 11) is 2.16. The van der Waals surface area contributed by atoms with E-state index in [2.05, 4.69) is 17.3 Å². The van der Waals surface area contributed by atoms with Crippen LogP contribution in [0.2, 0.25) is 0 Å². The molecule has 0 saturated carbocycles. The Labute approximate surface area is 87.5 Å². The van der Waals surface area contributed by atoms with Crippen molar-refractivity contribution < 1.29 is 5.11 Å². The van der Waals surface area contributed by atoms with Crippen LogP contribution in [0.3, 0.4) is 0 Å². The summed E-state index contributed by atoms with van der Waals surface area (Å²) in [6, 6.07) is 0.562. The second-order valence-electron chi connectivity index (χ2n) is 4.83. The Morgan fingerprint density at radius 2 is 2.29 bits per heavy atom. The zero-order valence-corrected chi connectivity index (χ0v) is 9.71. The Kier molecular flexibility index (Phi) is 4.35. The van der Waals surface area contributed by atoms with Crippen molar-refractivity contribution in [3.8, 4) is 0 Å². The van der Waals surface area contributed by atoms with Crippen LogP contribution in [-0.4, -0.2) is 48.3 Å². The van der Waals surface area contributed by atoms with Crippen LogP contribution in [0.1, 0.15) is 33.1 Å². The predicted molar refractivity (Wildman–Crippen MR) is 59.4 cm³/mol. The van der Waals surface area contributed by atoms with Gasteiger partial charge < -0.3 is 15.3 Å². The van der Waals surface area contributed by atoms with Gasteiger partial charge in [-0.2, -0.15) is 0 Å². The number of hydrogen-bond acceptors (Lipinski definition) is 3. The molecule has 1 rings (SSSR count). The van der Waals surface area contributed by atoms with E-state index in [9.17, 15) is 5.11 Å². The molecular weight excluding hydrogens is 176 g/mol. The monoisotopic (exact) mass is 200 g/mol. The molecule has 84 valence electrons. The minimum atomic E-state index is -0.546. The molecule has 1 heterocycles. The molecule has 2 unspecified atom stereocenters. The van der Waals surface area contributed by atoms with E-state index in [1.165, 1.54) is 19.4 Å². The van der Waals surface area contributed by atoms with E-state index < -0.39 is 5.60 Å². The SMILES string of the molecule is CCC(C)(O)CNC1CCCN(C)C1. The molecule has 3 nitrogen and oxygen atoms in total. The van der Waals surface area contributed by atoms with Crippen LogP contribution >= 0.6 is 0 Å². The molecule has 0 bridgehead atoms. The third-order valence-electron chi connectivity index (χ3n) is 3.16. The van der Waals surface area contributed by atoms with Crippen LogP contribution in [0.25, 0.3) is 0 Å². The molecular formula is C11H24N2O. The van der Waals surface area contributed by atoms with E-state index in [0.717, 1.165) is 13.0 Å². The molecule has 1 aliphatic heterocycles. The van der Waals surface area contributed by atoms with Gasteiger partial charge >= 0.3 is 0 Å². The lowest BCUT2D eigenvalue weighted by molar-refractivity contribution is 0.0493. The number of hydrogen-bond donors (Lipinski definition) is 2. The second kappa shape index (κ2) is 5.10. The average Bonchev–Trinajstić information content (AvgIpc) is 2.15. The van der Waals surface area contributed by atoms with Crippen LogP contribution < -0.4 is 5.32 Å². The first-order valence-corrected chi connectivity index (χ1v) is 5.68. The molecule has 3 heteroatoms. The summed E-state index contributed by atoms with van der Waals surface area (Å²) >= 11 is 0. The largest absolute Gasteiger partial charge is 0.389 e. The highest BCUT2D eigenvalue weighted by atomic mass is 16.3. The highest BCUT2D eigenvalue weighted by molar-refractivity contribution is 4.81. The van der Waals surface area contributed by atoms with Gasteiger partial charge in [0.05, 0.1) is 5.60 Å². The van der Waals surface area contributed by atoms with Gasteiger partial charge in [-0.1, -0.05) is 6.92 Å². The van der Waals surface area contributed by atoms with Crippen molar-refractivity contribution in [3.05, 3.63) is 0 Å². The number of nitrogens with one attached hydrogen (secondary N) is 1. The summed E-state index contributed by atoms with van der Waals surface area (Å²) in [6.45, 7) is 6.95. The van der Waals surface area contributed by atoms with E-state index in [1.54, 1.807) is 0 Å². The lowest BCUT2D eigenvalue weighted by Crippen LogP contribution is -2.48. The Morgan fingerprint density at radius 1 is 1.57 bits per heavy atom. The molecule has 2 N–H and O–H groups in total. The van der Waals surface area contributed by atoms with Crippen molar-refractivity contribution in [1.29, 1.82) is 0 Å². The fraction of sp³-hybridized carbons (Fsp3) is 1.00. The molecule has 1 saturated heterocycles. The quantitative estimate of drug-likeness (QED) is 0.705. The fourth-order valence-electron chi connectivity index (χ4n) is 1.82. The molecule has 14 heavy (non-hydrogen) atoms. The van der Waals surface area contributed by atoms with E-state index in [-0.39, 0.29) is 0 Å². The van der Waals surface area contributed by atoms with E-state index in [0.29, 0.717) is 12.6 Å². The van der Waals surface area contributed by atoms with Crippen molar-refractivity contribution >= 4 is 0 Å². The van der Waals surface area contributed by atoms with Crippen molar-refractivity contribution in [2.45, 2.75) is 44.8 Å². The summed E-state index contributed by atoms with van der Waals surface area (Å²) in [5.41, 5.74) is -0.546. The van der Waals surface area contributed by atoms with Gasteiger partial charge in [-0.25, -0.2) is 0 Å². The van der Waals surface area contributed by atoms with E-state index in [1.807, 2.05) is 13.8 Å². The minimum absolute atomic E-state index is 0.546. The van der Waals surface area contributed by atoms with Gasteiger partial charge in [0.2, 0.25) is 0 Å². The molecule has 0 aromatic rings. The number of likely N-dealkylation sites (N-methyl/N-ethyl adjacent to an activating group) is 1. The molecule has 0 amide bonds. The van der Waals surface area contributed by atoms with Crippen molar-refractivity contribution in [3.63, 3.8) is 0 Å². The number of piperidine rings is 1. The first-order chi connectivity index (χ1) is 6.53. The number of aliphatic hydroxyl groups is 1. The van der Waals surface area contributed by atoms with Gasteiger partial charge in [0, 0.05) is 19.1 Å². The van der Waals surface area contributed by atoms with Gasteiger partial charge in [-0.05, 0) is 39.8 Å². The Balaban J connectivity index is 2.23. The Morgan fingerprint density at radius 3 is 2.86 bits per heavy atom. The lowest BCUT2D eigenvalue weighted by Gasteiger charge is -2.32. The van der Waals surface area contributed by atoms with Crippen LogP contribution in [-0.2, 0) is 0 Å². The van der Waals surface area contributed by atoms with Gasteiger partial charge in [0.25, 0.3) is 0 Å². The van der Waals surface area contributed by atoms with Gasteiger partial charge in [-0.3, -0.25) is 0 Å². The number of nitrogens with zero attached hydrogens (tertiary/aromatic N) is 1. The first kappa shape index (κ1) is 12.0. The molecule has 0 aromatic carbocycles. The summed E-state index contributed by atoms with van der Waals surface area (Å²) in [5, 5.41) is 13.3. The van der Waals surface area contributed by atoms with Crippen molar-refractivity contribution in [2.75, 3.05) is 26.7 Å². The Bertz CT molecular complexity index is 171. The number of rotatable bonds is 4. The standard InChI is InChI=1S/C11H24N2O/c1-4-11(2,14)9-12-10-6-5-7-13(3)8-10/h10,12,14H,4-9H2,1-3H3. The molecule has 0 radical (unpaired) electrons. The molecule has 2 atom stereocenters. The minimum Gasteiger partial charge on any atom is -0.389 e. The summed E-state index contributed by atoms with van der Waals surface area (Å²) in [6.07, 6.45) is 3.31. The highest BCUT2D eigenvalue weighted by Crippen LogP contribution is 2.11. The fourth-order valence-corrected chi connectivity index (χ4v) is 1.82. The third kappa shape index (κ3) is 3.95. The van der Waals surface area contributed by atoms with Crippen molar-refractivity contribution in [1.82, 2.24) is 10.2 Å². The Hall–Kier alpha value is -0.120. The maximum absolute atomic E-state index is 9.84. The van der Waals surface area contributed by atoms with Gasteiger partial charge in [-0.15, -0.1) is 0 Å². The topological polar surface area (TPSA) is 35.5 Å². The first-order valence-electron chi connectivity index (χ1n) is 5.68. The smallest absolute Gasteiger partial charge is 0.0741 e. The number of likely N-dealkylation sites (tertiary alicyclic amines) is 1. The highest BCUT2D eigenvalue weighted by Gasteiger charge is 2.21. The zero-order chi connectivity index (χ0) is 10.6. The average molecular weight is 200 g/mol. The zero-order valence-electron chi connectivity index (χ0n) is 9.71. The van der Waals surface area contributed by atoms with Crippen LogP contribution in [0.4, 0.5) is 0 Å². The van der Waals surface area contributed by atoms with Gasteiger partial charge in [0.15, 0.2) is 0 Å². The molecule has 1 fully saturated rings. The van der Waals surface area contributed by atoms with E-state index >= 15 is 0 Å². The summed E-state index contributed by atoms with van der Waals surface area (Å²) < 4.78 is 0. The maximum Gasteiger partial charge on any atom is 0.0741 e. The summed E-state index contributed by atoms with van der Waals surface area (Å²) in [5.74, 6) is 0. The van der Waals surface area contributed by atoms with Crippen LogP contribution in [0.15, 0.2) is 0 Å². The lowest BCUT2D eigenvalue weighted by atomic mass is 10.0. The predicted octanol–water partition coefficient (Wildman–Crippen LogP) is 0.831. The maximum atomic E-state index is 9.84. The normalized spacial score (nSPS) is 28.7. The molecule has 0 aromatic heterocycles. The molecule has 1 aliphatic rings. The molecule has 0 spiro atoms. The molecule has 0 aliphatic carbocycles. The third-order valence-corrected chi connectivity index (χ3v) is 3.16. The van der Waals surface area contributed by atoms with Crippen LogP contribution in [0, 0.1) is 0 Å². The van der Waals surface area contributed by atoms with Crippen molar-refractivity contribution in [2.24, 2.45) is 0 Å². The second-order valence-corrected chi connectivity index (χ2v) is 4.83. The van der Waals surface area contributed by atoms with E-state index in [4.69, 9.17) is 0 Å². The van der Waals surface area contributed by atoms with Crippen LogP contribution in [0.5, 0.6) is 0 Å². The summed E-state index contributed by atoms with van der Waals surface area (Å²) in [4.78, 5) is 2.35. The van der Waals surface area contributed by atoms with Gasteiger partial charge in [0.1, 0.15) is 0 Å².